The fourth-order valence-corrected chi connectivity index (χ4v) is 10.0. The number of rotatable bonds is 10. The van der Waals surface area contributed by atoms with E-state index in [1.807, 2.05) is 48.5 Å². The minimum atomic E-state index is -1.04. The molecule has 0 aliphatic heterocycles. The van der Waals surface area contributed by atoms with E-state index >= 15 is 0 Å². The Kier molecular flexibility index (Phi) is 11.6. The molecule has 8 aromatic rings. The highest BCUT2D eigenvalue weighted by molar-refractivity contribution is 5.81. The minimum absolute atomic E-state index is 0.0000404. The molecule has 344 valence electrons. The quantitative estimate of drug-likeness (QED) is 0.0673. The van der Waals surface area contributed by atoms with Crippen LogP contribution in [0.3, 0.4) is 0 Å². The van der Waals surface area contributed by atoms with Crippen molar-refractivity contribution in [2.45, 2.75) is 38.5 Å². The van der Waals surface area contributed by atoms with Crippen molar-refractivity contribution in [2.75, 3.05) is 0 Å². The zero-order chi connectivity index (χ0) is 48.8. The lowest BCUT2D eigenvalue weighted by molar-refractivity contribution is 0.463. The average Bonchev–Trinajstić information content (AvgIpc) is 3.50. The summed E-state index contributed by atoms with van der Waals surface area (Å²) in [6.45, 7) is 8.38. The summed E-state index contributed by atoms with van der Waals surface area (Å²) in [5.74, 6) is -0.0965. The highest BCUT2D eigenvalue weighted by atomic mass is 16.3. The number of phenols is 8. The van der Waals surface area contributed by atoms with Crippen LogP contribution in [-0.2, 0) is 10.8 Å². The second kappa shape index (κ2) is 17.6. The summed E-state index contributed by atoms with van der Waals surface area (Å²) in [6.07, 6.45) is 8.38. The van der Waals surface area contributed by atoms with E-state index in [4.69, 9.17) is 0 Å². The van der Waals surface area contributed by atoms with Crippen LogP contribution in [-0.4, -0.2) is 40.9 Å². The normalized spacial score (nSPS) is 13.6. The maximum atomic E-state index is 11.4. The molecule has 0 radical (unpaired) electrons. The molecule has 69 heavy (non-hydrogen) atoms. The Morgan fingerprint density at radius 3 is 0.899 bits per heavy atom. The van der Waals surface area contributed by atoms with Crippen molar-refractivity contribution in [3.8, 4) is 90.5 Å². The summed E-state index contributed by atoms with van der Waals surface area (Å²) in [7, 11) is 0. The van der Waals surface area contributed by atoms with Crippen LogP contribution in [0.2, 0.25) is 0 Å². The van der Waals surface area contributed by atoms with Gasteiger partial charge in [0.05, 0.1) is 0 Å². The highest BCUT2D eigenvalue weighted by Crippen LogP contribution is 2.54. The third-order valence-corrected chi connectivity index (χ3v) is 14.0. The molecule has 8 N–H and O–H groups in total. The van der Waals surface area contributed by atoms with Gasteiger partial charge in [-0.1, -0.05) is 135 Å². The predicted octanol–water partition coefficient (Wildman–Crippen LogP) is 13.8. The molecule has 0 spiro atoms. The third-order valence-electron chi connectivity index (χ3n) is 14.0. The molecular formula is C61H52O8. The van der Waals surface area contributed by atoms with Gasteiger partial charge < -0.3 is 40.9 Å². The van der Waals surface area contributed by atoms with Crippen molar-refractivity contribution in [3.05, 3.63) is 228 Å². The first kappa shape index (κ1) is 45.5. The fraction of sp³-hybridized carbons (Fsp3) is 0.115. The maximum Gasteiger partial charge on any atom is 0.123 e. The minimum Gasteiger partial charge on any atom is -0.507 e. The molecular weight excluding hydrogens is 861 g/mol. The van der Waals surface area contributed by atoms with Crippen molar-refractivity contribution in [2.24, 2.45) is 5.41 Å². The van der Waals surface area contributed by atoms with E-state index in [1.54, 1.807) is 121 Å². The molecule has 1 aliphatic rings. The monoisotopic (exact) mass is 912 g/mol. The van der Waals surface area contributed by atoms with Gasteiger partial charge in [-0.2, -0.15) is 0 Å². The molecule has 0 saturated heterocycles. The number of hydrogen-bond donors (Lipinski definition) is 8. The van der Waals surface area contributed by atoms with Crippen molar-refractivity contribution in [1.82, 2.24) is 0 Å². The molecule has 8 nitrogen and oxygen atoms in total. The van der Waals surface area contributed by atoms with E-state index in [0.29, 0.717) is 44.5 Å². The molecule has 8 heteroatoms. The number of hydrogen-bond acceptors (Lipinski definition) is 8. The Labute approximate surface area is 401 Å². The number of allylic oxidation sites excluding steroid dienone is 6. The Morgan fingerprint density at radius 2 is 0.594 bits per heavy atom. The predicted molar refractivity (Wildman–Crippen MR) is 273 cm³/mol. The van der Waals surface area contributed by atoms with E-state index in [1.165, 1.54) is 0 Å². The highest BCUT2D eigenvalue weighted by Gasteiger charge is 2.43. The van der Waals surface area contributed by atoms with Gasteiger partial charge in [0, 0.05) is 60.8 Å². The fourth-order valence-electron chi connectivity index (χ4n) is 10.0. The first-order valence-electron chi connectivity index (χ1n) is 22.6. The van der Waals surface area contributed by atoms with Crippen LogP contribution in [0.4, 0.5) is 0 Å². The summed E-state index contributed by atoms with van der Waals surface area (Å²) in [5.41, 5.74) is 5.39. The van der Waals surface area contributed by atoms with Crippen molar-refractivity contribution in [3.63, 3.8) is 0 Å². The lowest BCUT2D eigenvalue weighted by Crippen LogP contribution is -2.33. The number of phenolic OH excluding ortho intramolecular Hbond substituents is 8. The Hall–Kier alpha value is -8.62. The van der Waals surface area contributed by atoms with Gasteiger partial charge >= 0.3 is 0 Å². The standard InChI is InChI=1S/C61H52O8/c1-59(2)32-31-37(60(3,38-21-26-54(66)46(33-38)42-13-5-9-17-50(42)62)39-22-27-55(67)47(34-39)43-14-6-10-18-51(43)63)25-30-58(59)61(4,40-23-28-56(68)48(35-40)44-15-7-11-19-52(44)64)41-24-29-57(69)49(36-41)45-16-8-12-20-53(45)65/h5-36,62-69H,1-4H3. The zero-order valence-electron chi connectivity index (χ0n) is 38.6. The van der Waals surface area contributed by atoms with Crippen LogP contribution >= 0.6 is 0 Å². The van der Waals surface area contributed by atoms with E-state index in [2.05, 4.69) is 52.0 Å². The largest absolute Gasteiger partial charge is 0.507 e. The van der Waals surface area contributed by atoms with E-state index in [-0.39, 0.29) is 46.0 Å². The van der Waals surface area contributed by atoms with E-state index in [0.717, 1.165) is 33.4 Å². The van der Waals surface area contributed by atoms with Gasteiger partial charge in [0.2, 0.25) is 0 Å². The molecule has 0 saturated carbocycles. The second-order valence-electron chi connectivity index (χ2n) is 18.5. The molecule has 1 aliphatic carbocycles. The molecule has 0 amide bonds. The zero-order valence-corrected chi connectivity index (χ0v) is 38.6. The first-order valence-corrected chi connectivity index (χ1v) is 22.6. The Balaban J connectivity index is 1.32. The summed E-state index contributed by atoms with van der Waals surface area (Å²) in [5, 5.41) is 89.7. The van der Waals surface area contributed by atoms with Gasteiger partial charge in [0.1, 0.15) is 46.0 Å². The van der Waals surface area contributed by atoms with Crippen LogP contribution < -0.4 is 0 Å². The van der Waals surface area contributed by atoms with E-state index in [9.17, 15) is 40.9 Å². The van der Waals surface area contributed by atoms with Gasteiger partial charge in [-0.3, -0.25) is 0 Å². The molecule has 9 rings (SSSR count). The second-order valence-corrected chi connectivity index (χ2v) is 18.5. The number of aromatic hydroxyl groups is 8. The van der Waals surface area contributed by atoms with Crippen LogP contribution in [0.25, 0.3) is 44.5 Å². The van der Waals surface area contributed by atoms with Crippen LogP contribution in [0.15, 0.2) is 205 Å². The van der Waals surface area contributed by atoms with Crippen LogP contribution in [0.5, 0.6) is 46.0 Å². The molecule has 0 bridgehead atoms. The van der Waals surface area contributed by atoms with E-state index < -0.39 is 16.2 Å². The average molecular weight is 913 g/mol. The molecule has 0 heterocycles. The Morgan fingerprint density at radius 1 is 0.319 bits per heavy atom. The molecule has 0 unspecified atom stereocenters. The lowest BCUT2D eigenvalue weighted by Gasteiger charge is -2.41. The molecule has 0 fully saturated rings. The lowest BCUT2D eigenvalue weighted by atomic mass is 9.62. The van der Waals surface area contributed by atoms with Crippen molar-refractivity contribution < 1.29 is 40.9 Å². The summed E-state index contributed by atoms with van der Waals surface area (Å²) in [6, 6.07) is 48.7. The topological polar surface area (TPSA) is 162 Å². The Bertz CT molecular complexity index is 3200. The van der Waals surface area contributed by atoms with Gasteiger partial charge in [-0.05, 0) is 120 Å². The maximum absolute atomic E-state index is 11.4. The van der Waals surface area contributed by atoms with Crippen molar-refractivity contribution in [1.29, 1.82) is 0 Å². The van der Waals surface area contributed by atoms with Crippen molar-refractivity contribution >= 4 is 0 Å². The summed E-state index contributed by atoms with van der Waals surface area (Å²) in [4.78, 5) is 0. The molecule has 0 atom stereocenters. The van der Waals surface area contributed by atoms with Crippen LogP contribution in [0, 0.1) is 5.41 Å². The number of para-hydroxylation sites is 4. The smallest absolute Gasteiger partial charge is 0.123 e. The molecule has 0 aromatic heterocycles. The third kappa shape index (κ3) is 7.99. The van der Waals surface area contributed by atoms with Gasteiger partial charge in [0.25, 0.3) is 0 Å². The summed E-state index contributed by atoms with van der Waals surface area (Å²) >= 11 is 0. The molecule has 8 aromatic carbocycles. The first-order chi connectivity index (χ1) is 33.0. The number of benzene rings is 8. The van der Waals surface area contributed by atoms with Gasteiger partial charge in [0.15, 0.2) is 0 Å². The van der Waals surface area contributed by atoms with Gasteiger partial charge in [-0.25, -0.2) is 0 Å². The SMILES string of the molecule is CC1(C)C=CC(C(C)(c2ccc(O)c(-c3ccccc3O)c2)c2ccc(O)c(-c3ccccc3O)c2)=CC=C1C(C)(c1ccc(O)c(-c2ccccc2O)c1)c1ccc(O)c(-c2ccccc2O)c1. The van der Waals surface area contributed by atoms with Crippen LogP contribution in [0.1, 0.15) is 49.9 Å². The van der Waals surface area contributed by atoms with Gasteiger partial charge in [-0.15, -0.1) is 0 Å². The summed E-state index contributed by atoms with van der Waals surface area (Å²) < 4.78 is 0.